The zero-order valence-corrected chi connectivity index (χ0v) is 11.3. The van der Waals surface area contributed by atoms with E-state index in [9.17, 15) is 0 Å². The Balaban J connectivity index is 2.08. The molecule has 1 saturated heterocycles. The number of oxime groups is 1. The molecular formula is C14H17N3O3. The Morgan fingerprint density at radius 1 is 1.50 bits per heavy atom. The summed E-state index contributed by atoms with van der Waals surface area (Å²) in [6.07, 6.45) is 6.43. The third-order valence-electron chi connectivity index (χ3n) is 3.60. The van der Waals surface area contributed by atoms with Crippen molar-refractivity contribution in [3.05, 3.63) is 24.0 Å². The average Bonchev–Trinajstić information content (AvgIpc) is 2.92. The minimum Gasteiger partial charge on any atom is -0.494 e. The van der Waals surface area contributed by atoms with Crippen molar-refractivity contribution in [1.82, 2.24) is 9.55 Å². The molecule has 0 saturated carbocycles. The molecule has 6 nitrogen and oxygen atoms in total. The van der Waals surface area contributed by atoms with Crippen LogP contribution in [0.5, 0.6) is 5.75 Å². The van der Waals surface area contributed by atoms with Gasteiger partial charge in [0.05, 0.1) is 25.2 Å². The zero-order chi connectivity index (χ0) is 13.9. The van der Waals surface area contributed by atoms with Gasteiger partial charge in [0.1, 0.15) is 11.7 Å². The lowest BCUT2D eigenvalue weighted by molar-refractivity contribution is -0.0295. The van der Waals surface area contributed by atoms with Gasteiger partial charge in [-0.15, -0.1) is 0 Å². The van der Waals surface area contributed by atoms with E-state index in [0.717, 1.165) is 36.9 Å². The Hall–Kier alpha value is -2.08. The van der Waals surface area contributed by atoms with Crippen LogP contribution in [0.4, 0.5) is 0 Å². The van der Waals surface area contributed by atoms with E-state index >= 15 is 0 Å². The summed E-state index contributed by atoms with van der Waals surface area (Å²) in [5, 5.41) is 11.7. The second-order valence-corrected chi connectivity index (χ2v) is 4.77. The Morgan fingerprint density at radius 2 is 2.40 bits per heavy atom. The van der Waals surface area contributed by atoms with Gasteiger partial charge in [0.15, 0.2) is 5.75 Å². The van der Waals surface area contributed by atoms with Crippen molar-refractivity contribution in [3.63, 3.8) is 0 Å². The van der Waals surface area contributed by atoms with Gasteiger partial charge in [-0.3, -0.25) is 0 Å². The molecule has 2 heterocycles. The molecule has 0 amide bonds. The highest BCUT2D eigenvalue weighted by Crippen LogP contribution is 2.32. The molecule has 0 spiro atoms. The molecule has 1 fully saturated rings. The van der Waals surface area contributed by atoms with Gasteiger partial charge in [-0.2, -0.15) is 0 Å². The van der Waals surface area contributed by atoms with Crippen molar-refractivity contribution in [2.75, 3.05) is 13.7 Å². The average molecular weight is 275 g/mol. The lowest BCUT2D eigenvalue weighted by Gasteiger charge is -2.24. The second kappa shape index (κ2) is 5.50. The summed E-state index contributed by atoms with van der Waals surface area (Å²) in [4.78, 5) is 4.42. The van der Waals surface area contributed by atoms with Gasteiger partial charge in [0.2, 0.25) is 0 Å². The Kier molecular flexibility index (Phi) is 3.56. The van der Waals surface area contributed by atoms with Crippen LogP contribution in [0.15, 0.2) is 23.6 Å². The van der Waals surface area contributed by atoms with Gasteiger partial charge in [0.25, 0.3) is 0 Å². The predicted molar refractivity (Wildman–Crippen MR) is 74.5 cm³/mol. The number of rotatable bonds is 3. The quantitative estimate of drug-likeness (QED) is 0.531. The van der Waals surface area contributed by atoms with E-state index in [2.05, 4.69) is 10.1 Å². The molecule has 106 valence electrons. The standard InChI is InChI=1S/C14H17N3O3/c1-19-14-10(8-16-18)5-6-11-13(14)15-9-17(11)12-4-2-3-7-20-12/h5-6,8-9,12,18H,2-4,7H2,1H3. The molecule has 0 bridgehead atoms. The van der Waals surface area contributed by atoms with Crippen molar-refractivity contribution in [1.29, 1.82) is 0 Å². The number of fused-ring (bicyclic) bond motifs is 1. The van der Waals surface area contributed by atoms with Crippen LogP contribution in [0.2, 0.25) is 0 Å². The van der Waals surface area contributed by atoms with Crippen molar-refractivity contribution in [2.24, 2.45) is 5.16 Å². The third kappa shape index (κ3) is 2.12. The van der Waals surface area contributed by atoms with E-state index in [4.69, 9.17) is 14.7 Å². The number of aromatic nitrogens is 2. The molecule has 1 aromatic carbocycles. The molecule has 1 aliphatic rings. The fraction of sp³-hybridized carbons (Fsp3) is 0.429. The maximum absolute atomic E-state index is 8.69. The molecule has 1 N–H and O–H groups in total. The van der Waals surface area contributed by atoms with Crippen LogP contribution in [0, 0.1) is 0 Å². The number of methoxy groups -OCH3 is 1. The minimum atomic E-state index is 0.0378. The molecule has 1 unspecified atom stereocenters. The fourth-order valence-corrected chi connectivity index (χ4v) is 2.64. The predicted octanol–water partition coefficient (Wildman–Crippen LogP) is 2.55. The molecular weight excluding hydrogens is 258 g/mol. The molecule has 20 heavy (non-hydrogen) atoms. The molecule has 1 atom stereocenters. The number of hydrogen-bond donors (Lipinski definition) is 1. The first kappa shape index (κ1) is 12.9. The normalized spacial score (nSPS) is 19.8. The first-order valence-electron chi connectivity index (χ1n) is 6.67. The summed E-state index contributed by atoms with van der Waals surface area (Å²) < 4.78 is 13.2. The smallest absolute Gasteiger partial charge is 0.155 e. The maximum Gasteiger partial charge on any atom is 0.155 e. The van der Waals surface area contributed by atoms with Crippen molar-refractivity contribution in [3.8, 4) is 5.75 Å². The summed E-state index contributed by atoms with van der Waals surface area (Å²) >= 11 is 0. The van der Waals surface area contributed by atoms with Crippen LogP contribution in [-0.2, 0) is 4.74 Å². The van der Waals surface area contributed by atoms with E-state index in [0.29, 0.717) is 11.3 Å². The molecule has 1 aromatic heterocycles. The summed E-state index contributed by atoms with van der Waals surface area (Å²) in [5.41, 5.74) is 2.40. The summed E-state index contributed by atoms with van der Waals surface area (Å²) in [6.45, 7) is 0.788. The second-order valence-electron chi connectivity index (χ2n) is 4.77. The van der Waals surface area contributed by atoms with Crippen molar-refractivity contribution in [2.45, 2.75) is 25.5 Å². The number of benzene rings is 1. The summed E-state index contributed by atoms with van der Waals surface area (Å²) in [7, 11) is 1.58. The van der Waals surface area contributed by atoms with E-state index in [1.165, 1.54) is 6.21 Å². The van der Waals surface area contributed by atoms with Gasteiger partial charge in [0, 0.05) is 12.2 Å². The van der Waals surface area contributed by atoms with Crippen LogP contribution in [-0.4, -0.2) is 34.7 Å². The van der Waals surface area contributed by atoms with Crippen LogP contribution in [0.1, 0.15) is 31.1 Å². The number of hydrogen-bond acceptors (Lipinski definition) is 5. The van der Waals surface area contributed by atoms with E-state index in [1.54, 1.807) is 13.4 Å². The molecule has 3 rings (SSSR count). The molecule has 0 radical (unpaired) electrons. The highest BCUT2D eigenvalue weighted by atomic mass is 16.5. The maximum atomic E-state index is 8.69. The highest BCUT2D eigenvalue weighted by Gasteiger charge is 2.20. The molecule has 2 aromatic rings. The topological polar surface area (TPSA) is 68.9 Å². The summed E-state index contributed by atoms with van der Waals surface area (Å²) in [5.74, 6) is 0.606. The lowest BCUT2D eigenvalue weighted by atomic mass is 10.1. The van der Waals surface area contributed by atoms with E-state index in [1.807, 2.05) is 16.7 Å². The minimum absolute atomic E-state index is 0.0378. The Bertz CT molecular complexity index is 630. The van der Waals surface area contributed by atoms with Gasteiger partial charge in [-0.05, 0) is 31.4 Å². The number of ether oxygens (including phenoxy) is 2. The van der Waals surface area contributed by atoms with Gasteiger partial charge >= 0.3 is 0 Å². The van der Waals surface area contributed by atoms with Gasteiger partial charge < -0.3 is 19.2 Å². The van der Waals surface area contributed by atoms with Crippen LogP contribution < -0.4 is 4.74 Å². The molecule has 0 aliphatic carbocycles. The van der Waals surface area contributed by atoms with Crippen LogP contribution in [0.3, 0.4) is 0 Å². The van der Waals surface area contributed by atoms with Crippen molar-refractivity contribution >= 4 is 17.2 Å². The van der Waals surface area contributed by atoms with Gasteiger partial charge in [-0.25, -0.2) is 4.98 Å². The lowest BCUT2D eigenvalue weighted by Crippen LogP contribution is -2.17. The van der Waals surface area contributed by atoms with Crippen LogP contribution in [0.25, 0.3) is 11.0 Å². The van der Waals surface area contributed by atoms with Crippen molar-refractivity contribution < 1.29 is 14.7 Å². The SMILES string of the molecule is COc1c(C=NO)ccc2c1ncn2C1CCCCO1. The number of nitrogens with zero attached hydrogens (tertiary/aromatic N) is 3. The van der Waals surface area contributed by atoms with E-state index in [-0.39, 0.29) is 6.23 Å². The first-order valence-corrected chi connectivity index (χ1v) is 6.67. The number of imidazole rings is 1. The van der Waals surface area contributed by atoms with E-state index < -0.39 is 0 Å². The highest BCUT2D eigenvalue weighted by molar-refractivity contribution is 5.94. The molecule has 6 heteroatoms. The zero-order valence-electron chi connectivity index (χ0n) is 11.3. The third-order valence-corrected chi connectivity index (χ3v) is 3.60. The Labute approximate surface area is 116 Å². The Morgan fingerprint density at radius 3 is 3.10 bits per heavy atom. The molecule has 1 aliphatic heterocycles. The fourth-order valence-electron chi connectivity index (χ4n) is 2.64. The summed E-state index contributed by atoms with van der Waals surface area (Å²) in [6, 6.07) is 3.79. The first-order chi connectivity index (χ1) is 9.85. The monoisotopic (exact) mass is 275 g/mol. The van der Waals surface area contributed by atoms with Crippen LogP contribution >= 0.6 is 0 Å². The largest absolute Gasteiger partial charge is 0.494 e. The van der Waals surface area contributed by atoms with Gasteiger partial charge in [-0.1, -0.05) is 5.16 Å².